The Labute approximate surface area is 107 Å². The average molecular weight is 296 g/mol. The Bertz CT molecular complexity index is 476. The molecule has 1 aromatic heterocycles. The van der Waals surface area contributed by atoms with Crippen LogP contribution in [-0.2, 0) is 6.54 Å². The van der Waals surface area contributed by atoms with E-state index in [0.29, 0.717) is 6.54 Å². The van der Waals surface area contributed by atoms with E-state index in [1.165, 1.54) is 11.8 Å². The third-order valence-corrected chi connectivity index (χ3v) is 3.24. The molecule has 5 heteroatoms. The average Bonchev–Trinajstić information content (AvgIpc) is 2.29. The van der Waals surface area contributed by atoms with Gasteiger partial charge >= 0.3 is 0 Å². The lowest BCUT2D eigenvalue weighted by Gasteiger charge is -2.03. The Hall–Kier alpha value is -0.910. The van der Waals surface area contributed by atoms with E-state index in [1.807, 2.05) is 18.2 Å². The van der Waals surface area contributed by atoms with Crippen LogP contribution in [0.4, 0.5) is 0 Å². The summed E-state index contributed by atoms with van der Waals surface area (Å²) in [5.74, 6) is 0. The fourth-order valence-corrected chi connectivity index (χ4v) is 2.77. The van der Waals surface area contributed by atoms with Gasteiger partial charge in [0.15, 0.2) is 5.16 Å². The van der Waals surface area contributed by atoms with Gasteiger partial charge in [-0.25, -0.2) is 9.97 Å². The summed E-state index contributed by atoms with van der Waals surface area (Å²) < 4.78 is 1.02. The molecule has 0 spiro atoms. The molecule has 0 aliphatic carbocycles. The van der Waals surface area contributed by atoms with Gasteiger partial charge in [-0.15, -0.1) is 0 Å². The number of hydrogen-bond acceptors (Lipinski definition) is 4. The molecule has 0 amide bonds. The molecule has 0 saturated carbocycles. The quantitative estimate of drug-likeness (QED) is 0.885. The van der Waals surface area contributed by atoms with Crippen molar-refractivity contribution in [3.8, 4) is 0 Å². The number of benzene rings is 1. The van der Waals surface area contributed by atoms with Crippen LogP contribution in [0.2, 0.25) is 0 Å². The van der Waals surface area contributed by atoms with Crippen LogP contribution >= 0.6 is 27.7 Å². The molecule has 0 aliphatic heterocycles. The van der Waals surface area contributed by atoms with Crippen molar-refractivity contribution in [1.29, 1.82) is 0 Å². The van der Waals surface area contributed by atoms with Gasteiger partial charge in [-0.3, -0.25) is 0 Å². The Morgan fingerprint density at radius 1 is 1.19 bits per heavy atom. The van der Waals surface area contributed by atoms with E-state index in [1.54, 1.807) is 18.5 Å². The lowest BCUT2D eigenvalue weighted by Crippen LogP contribution is -1.96. The number of rotatable bonds is 3. The first-order valence-electron chi connectivity index (χ1n) is 4.72. The molecule has 0 radical (unpaired) electrons. The molecule has 82 valence electrons. The van der Waals surface area contributed by atoms with E-state index in [4.69, 9.17) is 5.73 Å². The van der Waals surface area contributed by atoms with E-state index >= 15 is 0 Å². The molecule has 0 fully saturated rings. The highest BCUT2D eigenvalue weighted by Gasteiger charge is 2.02. The fraction of sp³-hybridized carbons (Fsp3) is 0.0909. The Morgan fingerprint density at radius 2 is 1.94 bits per heavy atom. The molecule has 16 heavy (non-hydrogen) atoms. The standard InChI is InChI=1S/C11H10BrN3S/c12-9-4-8(7-13)5-10(6-9)16-11-14-2-1-3-15-11/h1-6H,7,13H2. The highest BCUT2D eigenvalue weighted by molar-refractivity contribution is 9.10. The molecule has 2 aromatic rings. The lowest BCUT2D eigenvalue weighted by molar-refractivity contribution is 0.965. The lowest BCUT2D eigenvalue weighted by atomic mass is 10.2. The van der Waals surface area contributed by atoms with Crippen molar-refractivity contribution >= 4 is 27.7 Å². The number of hydrogen-bond donors (Lipinski definition) is 1. The maximum atomic E-state index is 5.62. The minimum atomic E-state index is 0.530. The summed E-state index contributed by atoms with van der Waals surface area (Å²) in [5, 5.41) is 0.739. The largest absolute Gasteiger partial charge is 0.326 e. The third kappa shape index (κ3) is 3.04. The fourth-order valence-electron chi connectivity index (χ4n) is 1.24. The van der Waals surface area contributed by atoms with Gasteiger partial charge in [-0.05, 0) is 41.6 Å². The minimum Gasteiger partial charge on any atom is -0.326 e. The van der Waals surface area contributed by atoms with Crippen LogP contribution in [0, 0.1) is 0 Å². The second-order valence-electron chi connectivity index (χ2n) is 3.13. The van der Waals surface area contributed by atoms with Crippen LogP contribution in [0.25, 0.3) is 0 Å². The molecule has 2 N–H and O–H groups in total. The van der Waals surface area contributed by atoms with Gasteiger partial charge in [0.2, 0.25) is 0 Å². The predicted molar refractivity (Wildman–Crippen MR) is 68.2 cm³/mol. The summed E-state index contributed by atoms with van der Waals surface area (Å²) in [4.78, 5) is 9.41. The molecule has 3 nitrogen and oxygen atoms in total. The van der Waals surface area contributed by atoms with E-state index in [9.17, 15) is 0 Å². The van der Waals surface area contributed by atoms with Gasteiger partial charge in [0, 0.05) is 28.3 Å². The van der Waals surface area contributed by atoms with Crippen LogP contribution in [0.1, 0.15) is 5.56 Å². The highest BCUT2D eigenvalue weighted by atomic mass is 79.9. The molecule has 0 aliphatic rings. The van der Waals surface area contributed by atoms with Crippen molar-refractivity contribution in [3.05, 3.63) is 46.7 Å². The van der Waals surface area contributed by atoms with Crippen molar-refractivity contribution in [1.82, 2.24) is 9.97 Å². The van der Waals surface area contributed by atoms with E-state index in [0.717, 1.165) is 20.1 Å². The van der Waals surface area contributed by atoms with Crippen molar-refractivity contribution < 1.29 is 0 Å². The van der Waals surface area contributed by atoms with Crippen molar-refractivity contribution in [2.24, 2.45) is 5.73 Å². The van der Waals surface area contributed by atoms with Crippen molar-refractivity contribution in [2.45, 2.75) is 16.6 Å². The van der Waals surface area contributed by atoms with Gasteiger partial charge in [0.05, 0.1) is 0 Å². The zero-order valence-electron chi connectivity index (χ0n) is 8.43. The number of nitrogens with two attached hydrogens (primary N) is 1. The monoisotopic (exact) mass is 295 g/mol. The summed E-state index contributed by atoms with van der Waals surface area (Å²) in [5.41, 5.74) is 6.71. The molecule has 1 aromatic carbocycles. The van der Waals surface area contributed by atoms with Gasteiger partial charge in [-0.1, -0.05) is 15.9 Å². The third-order valence-electron chi connectivity index (χ3n) is 1.92. The van der Waals surface area contributed by atoms with E-state index in [-0.39, 0.29) is 0 Å². The Morgan fingerprint density at radius 3 is 2.62 bits per heavy atom. The second-order valence-corrected chi connectivity index (χ2v) is 5.09. The maximum absolute atomic E-state index is 5.62. The normalized spacial score (nSPS) is 10.4. The summed E-state index contributed by atoms with van der Waals surface area (Å²) in [6.07, 6.45) is 3.47. The topological polar surface area (TPSA) is 51.8 Å². The SMILES string of the molecule is NCc1cc(Br)cc(Sc2ncccn2)c1. The van der Waals surface area contributed by atoms with E-state index < -0.39 is 0 Å². The summed E-state index contributed by atoms with van der Waals surface area (Å²) in [6.45, 7) is 0.530. The van der Waals surface area contributed by atoms with Crippen molar-refractivity contribution in [2.75, 3.05) is 0 Å². The predicted octanol–water partition coefficient (Wildman–Crippen LogP) is 2.85. The number of nitrogens with zero attached hydrogens (tertiary/aromatic N) is 2. The van der Waals surface area contributed by atoms with Gasteiger partial charge < -0.3 is 5.73 Å². The molecule has 0 unspecified atom stereocenters. The van der Waals surface area contributed by atoms with Gasteiger partial charge in [-0.2, -0.15) is 0 Å². The molecule has 2 rings (SSSR count). The first-order chi connectivity index (χ1) is 7.78. The highest BCUT2D eigenvalue weighted by Crippen LogP contribution is 2.28. The number of aromatic nitrogens is 2. The van der Waals surface area contributed by atoms with Crippen LogP contribution in [0.15, 0.2) is 51.2 Å². The first kappa shape index (κ1) is 11.6. The zero-order chi connectivity index (χ0) is 11.4. The molecular formula is C11H10BrN3S. The maximum Gasteiger partial charge on any atom is 0.192 e. The first-order valence-corrected chi connectivity index (χ1v) is 6.33. The van der Waals surface area contributed by atoms with Gasteiger partial charge in [0.25, 0.3) is 0 Å². The zero-order valence-corrected chi connectivity index (χ0v) is 10.8. The van der Waals surface area contributed by atoms with Crippen LogP contribution in [0.5, 0.6) is 0 Å². The van der Waals surface area contributed by atoms with Crippen molar-refractivity contribution in [3.63, 3.8) is 0 Å². The van der Waals surface area contributed by atoms with Crippen LogP contribution in [-0.4, -0.2) is 9.97 Å². The van der Waals surface area contributed by atoms with Crippen LogP contribution in [0.3, 0.4) is 0 Å². The Balaban J connectivity index is 2.24. The molecular weight excluding hydrogens is 286 g/mol. The second kappa shape index (κ2) is 5.43. The molecule has 0 bridgehead atoms. The summed E-state index contributed by atoms with van der Waals surface area (Å²) in [6, 6.07) is 7.89. The summed E-state index contributed by atoms with van der Waals surface area (Å²) >= 11 is 4.98. The minimum absolute atomic E-state index is 0.530. The molecule has 0 atom stereocenters. The van der Waals surface area contributed by atoms with Crippen LogP contribution < -0.4 is 5.73 Å². The van der Waals surface area contributed by atoms with Gasteiger partial charge in [0.1, 0.15) is 0 Å². The smallest absolute Gasteiger partial charge is 0.192 e. The number of halogens is 1. The molecule has 0 saturated heterocycles. The van der Waals surface area contributed by atoms with E-state index in [2.05, 4.69) is 25.9 Å². The summed E-state index contributed by atoms with van der Waals surface area (Å²) in [7, 11) is 0. The molecule has 1 heterocycles. The Kier molecular flexibility index (Phi) is 3.93.